The quantitative estimate of drug-likeness (QED) is 0.837. The summed E-state index contributed by atoms with van der Waals surface area (Å²) in [4.78, 5) is 11.9. The molecule has 0 aromatic heterocycles. The largest absolute Gasteiger partial charge is 0.399 e. The highest BCUT2D eigenvalue weighted by Crippen LogP contribution is 2.21. The molecule has 0 fully saturated rings. The van der Waals surface area contributed by atoms with Crippen LogP contribution in [0.25, 0.3) is 0 Å². The average Bonchev–Trinajstić information content (AvgIpc) is 2.38. The maximum Gasteiger partial charge on any atom is 0.266 e. The van der Waals surface area contributed by atoms with Crippen LogP contribution in [0.15, 0.2) is 47.4 Å². The molecule has 21 heavy (non-hydrogen) atoms. The molecule has 8 heteroatoms. The lowest BCUT2D eigenvalue weighted by Crippen LogP contribution is -2.30. The molecule has 0 atom stereocenters. The molecule has 0 aliphatic rings. The van der Waals surface area contributed by atoms with Gasteiger partial charge in [0.15, 0.2) is 0 Å². The van der Waals surface area contributed by atoms with Crippen molar-refractivity contribution in [2.24, 2.45) is 0 Å². The SMILES string of the molecule is Nc1ccc(S(=O)(=O)NC(=O)c2ccc(Cl)cc2Cl)cc1. The standard InChI is InChI=1S/C13H10Cl2N2O3S/c14-8-1-6-11(12(15)7-8)13(18)17-21(19,20)10-4-2-9(16)3-5-10/h1-7H,16H2,(H,17,18). The van der Waals surface area contributed by atoms with Crippen molar-refractivity contribution in [2.45, 2.75) is 4.90 Å². The molecule has 3 N–H and O–H groups in total. The Hall–Kier alpha value is -1.76. The summed E-state index contributed by atoms with van der Waals surface area (Å²) in [5, 5.41) is 0.408. The van der Waals surface area contributed by atoms with E-state index in [-0.39, 0.29) is 15.5 Å². The summed E-state index contributed by atoms with van der Waals surface area (Å²) in [5.74, 6) is -0.839. The van der Waals surface area contributed by atoms with Gasteiger partial charge in [0.25, 0.3) is 15.9 Å². The fraction of sp³-hybridized carbons (Fsp3) is 0. The van der Waals surface area contributed by atoms with Crippen LogP contribution in [-0.2, 0) is 10.0 Å². The van der Waals surface area contributed by atoms with Gasteiger partial charge in [0.1, 0.15) is 0 Å². The van der Waals surface area contributed by atoms with E-state index in [9.17, 15) is 13.2 Å². The van der Waals surface area contributed by atoms with E-state index >= 15 is 0 Å². The third-order valence-corrected chi connectivity index (χ3v) is 4.49. The molecule has 0 unspecified atom stereocenters. The Morgan fingerprint density at radius 1 is 1.05 bits per heavy atom. The number of hydrogen-bond acceptors (Lipinski definition) is 4. The van der Waals surface area contributed by atoms with Gasteiger partial charge in [0.05, 0.1) is 15.5 Å². The third kappa shape index (κ3) is 3.66. The van der Waals surface area contributed by atoms with Crippen molar-refractivity contribution in [3.05, 3.63) is 58.1 Å². The number of sulfonamides is 1. The van der Waals surface area contributed by atoms with Crippen molar-refractivity contribution in [3.8, 4) is 0 Å². The zero-order chi connectivity index (χ0) is 15.6. The van der Waals surface area contributed by atoms with Crippen LogP contribution in [0.4, 0.5) is 5.69 Å². The van der Waals surface area contributed by atoms with Gasteiger partial charge in [-0.2, -0.15) is 0 Å². The number of amides is 1. The number of carbonyl (C=O) groups excluding carboxylic acids is 1. The molecular weight excluding hydrogens is 335 g/mol. The Morgan fingerprint density at radius 2 is 1.67 bits per heavy atom. The van der Waals surface area contributed by atoms with Crippen LogP contribution in [0.3, 0.4) is 0 Å². The number of rotatable bonds is 3. The van der Waals surface area contributed by atoms with E-state index in [1.807, 2.05) is 4.72 Å². The maximum absolute atomic E-state index is 12.1. The second-order valence-electron chi connectivity index (χ2n) is 4.13. The van der Waals surface area contributed by atoms with E-state index in [1.54, 1.807) is 0 Å². The summed E-state index contributed by atoms with van der Waals surface area (Å²) in [6.07, 6.45) is 0. The van der Waals surface area contributed by atoms with E-state index in [0.717, 1.165) is 0 Å². The highest BCUT2D eigenvalue weighted by Gasteiger charge is 2.20. The average molecular weight is 345 g/mol. The van der Waals surface area contributed by atoms with Crippen molar-refractivity contribution in [2.75, 3.05) is 5.73 Å². The number of nitrogens with two attached hydrogens (primary N) is 1. The molecule has 110 valence electrons. The van der Waals surface area contributed by atoms with Crippen LogP contribution in [0.5, 0.6) is 0 Å². The third-order valence-electron chi connectivity index (χ3n) is 2.59. The van der Waals surface area contributed by atoms with Crippen molar-refractivity contribution in [3.63, 3.8) is 0 Å². The molecule has 5 nitrogen and oxygen atoms in total. The van der Waals surface area contributed by atoms with Crippen molar-refractivity contribution in [1.29, 1.82) is 0 Å². The van der Waals surface area contributed by atoms with Crippen molar-refractivity contribution >= 4 is 44.8 Å². The smallest absolute Gasteiger partial charge is 0.266 e. The fourth-order valence-corrected chi connectivity index (χ4v) is 3.02. The van der Waals surface area contributed by atoms with Gasteiger partial charge in [-0.15, -0.1) is 0 Å². The first-order valence-corrected chi connectivity index (χ1v) is 7.91. The highest BCUT2D eigenvalue weighted by molar-refractivity contribution is 7.90. The normalized spacial score (nSPS) is 11.1. The molecule has 2 aromatic carbocycles. The Bertz CT molecular complexity index is 790. The van der Waals surface area contributed by atoms with Crippen LogP contribution in [0.2, 0.25) is 10.0 Å². The molecular formula is C13H10Cl2N2O3S. The fourth-order valence-electron chi connectivity index (χ4n) is 1.56. The number of nitrogens with one attached hydrogen (secondary N) is 1. The summed E-state index contributed by atoms with van der Waals surface area (Å²) in [6.45, 7) is 0. The minimum Gasteiger partial charge on any atom is -0.399 e. The molecule has 0 spiro atoms. The van der Waals surface area contributed by atoms with Crippen molar-refractivity contribution < 1.29 is 13.2 Å². The lowest BCUT2D eigenvalue weighted by Gasteiger charge is -2.08. The van der Waals surface area contributed by atoms with E-state index in [0.29, 0.717) is 10.7 Å². The predicted octanol–water partition coefficient (Wildman–Crippen LogP) is 2.69. The Kier molecular flexibility index (Phi) is 4.41. The van der Waals surface area contributed by atoms with Gasteiger partial charge >= 0.3 is 0 Å². The van der Waals surface area contributed by atoms with Crippen LogP contribution in [0.1, 0.15) is 10.4 Å². The molecule has 0 radical (unpaired) electrons. The van der Waals surface area contributed by atoms with E-state index in [1.165, 1.54) is 42.5 Å². The summed E-state index contributed by atoms with van der Waals surface area (Å²) in [5.41, 5.74) is 5.92. The summed E-state index contributed by atoms with van der Waals surface area (Å²) in [7, 11) is -4.00. The second-order valence-corrected chi connectivity index (χ2v) is 6.65. The van der Waals surface area contributed by atoms with Gasteiger partial charge in [0.2, 0.25) is 0 Å². The number of nitrogen functional groups attached to an aromatic ring is 1. The lowest BCUT2D eigenvalue weighted by molar-refractivity contribution is 0.0981. The molecule has 0 aliphatic heterocycles. The summed E-state index contributed by atoms with van der Waals surface area (Å²) >= 11 is 11.6. The number of hydrogen-bond donors (Lipinski definition) is 2. The predicted molar refractivity (Wildman–Crippen MR) is 82.0 cm³/mol. The molecule has 2 rings (SSSR count). The molecule has 2 aromatic rings. The lowest BCUT2D eigenvalue weighted by atomic mass is 10.2. The van der Waals surface area contributed by atoms with Gasteiger partial charge in [0, 0.05) is 10.7 Å². The first-order valence-electron chi connectivity index (χ1n) is 5.67. The van der Waals surface area contributed by atoms with Gasteiger partial charge < -0.3 is 5.73 Å². The van der Waals surface area contributed by atoms with Gasteiger partial charge in [-0.25, -0.2) is 13.1 Å². The molecule has 1 amide bonds. The van der Waals surface area contributed by atoms with Crippen LogP contribution < -0.4 is 10.5 Å². The minimum absolute atomic E-state index is 0.0140. The summed E-state index contributed by atoms with van der Waals surface area (Å²) < 4.78 is 26.1. The van der Waals surface area contributed by atoms with Crippen LogP contribution in [0, 0.1) is 0 Å². The molecule has 0 saturated carbocycles. The van der Waals surface area contributed by atoms with Gasteiger partial charge in [-0.1, -0.05) is 23.2 Å². The maximum atomic E-state index is 12.1. The zero-order valence-electron chi connectivity index (χ0n) is 10.5. The number of anilines is 1. The molecule has 0 saturated heterocycles. The van der Waals surface area contributed by atoms with Crippen LogP contribution in [-0.4, -0.2) is 14.3 Å². The highest BCUT2D eigenvalue weighted by atomic mass is 35.5. The Labute approximate surface area is 131 Å². The summed E-state index contributed by atoms with van der Waals surface area (Å²) in [6, 6.07) is 9.59. The second kappa shape index (κ2) is 5.93. The molecule has 0 heterocycles. The molecule has 0 aliphatic carbocycles. The van der Waals surface area contributed by atoms with Crippen molar-refractivity contribution in [1.82, 2.24) is 4.72 Å². The number of halogens is 2. The minimum atomic E-state index is -4.00. The zero-order valence-corrected chi connectivity index (χ0v) is 12.8. The van der Waals surface area contributed by atoms with E-state index in [2.05, 4.69) is 0 Å². The van der Waals surface area contributed by atoms with Crippen LogP contribution >= 0.6 is 23.2 Å². The van der Waals surface area contributed by atoms with Gasteiger partial charge in [-0.3, -0.25) is 4.79 Å². The number of benzene rings is 2. The van der Waals surface area contributed by atoms with E-state index < -0.39 is 15.9 Å². The van der Waals surface area contributed by atoms with Gasteiger partial charge in [-0.05, 0) is 42.5 Å². The first-order chi connectivity index (χ1) is 9.79. The molecule has 0 bridgehead atoms. The Morgan fingerprint density at radius 3 is 2.24 bits per heavy atom. The number of carbonyl (C=O) groups is 1. The first kappa shape index (κ1) is 15.6. The monoisotopic (exact) mass is 344 g/mol. The van der Waals surface area contributed by atoms with E-state index in [4.69, 9.17) is 28.9 Å². The topological polar surface area (TPSA) is 89.3 Å². The Balaban J connectivity index is 2.28.